The number of aromatic nitrogens is 2. The van der Waals surface area contributed by atoms with Gasteiger partial charge in [-0.1, -0.05) is 60.4 Å². The first-order chi connectivity index (χ1) is 17.0. The summed E-state index contributed by atoms with van der Waals surface area (Å²) in [6.45, 7) is 6.37. The molecule has 0 unspecified atom stereocenters. The van der Waals surface area contributed by atoms with Crippen molar-refractivity contribution in [3.63, 3.8) is 0 Å². The van der Waals surface area contributed by atoms with Crippen molar-refractivity contribution in [2.45, 2.75) is 77.6 Å². The van der Waals surface area contributed by atoms with E-state index in [0.717, 1.165) is 30.6 Å². The molecule has 1 aliphatic carbocycles. The molecule has 0 aliphatic heterocycles. The van der Waals surface area contributed by atoms with Crippen molar-refractivity contribution >= 4 is 35.0 Å². The molecule has 1 atom stereocenters. The molecule has 3 aromatic rings. The Labute approximate surface area is 220 Å². The number of carbonyl (C=O) groups is 2. The van der Waals surface area contributed by atoms with E-state index in [2.05, 4.69) is 31.1 Å². The fourth-order valence-corrected chi connectivity index (χ4v) is 4.91. The lowest BCUT2D eigenvalue weighted by Crippen LogP contribution is -2.13. The molecule has 1 fully saturated rings. The van der Waals surface area contributed by atoms with Gasteiger partial charge in [-0.15, -0.1) is 0 Å². The van der Waals surface area contributed by atoms with Gasteiger partial charge >= 0.3 is 5.97 Å². The topological polar surface area (TPSA) is 106 Å². The number of hydrogen-bond donors (Lipinski definition) is 1. The Bertz CT molecular complexity index is 1250. The Morgan fingerprint density at radius 2 is 1.89 bits per heavy atom. The van der Waals surface area contributed by atoms with Crippen LogP contribution in [0, 0.1) is 5.41 Å². The minimum absolute atomic E-state index is 0.0397. The largest absolute Gasteiger partial charge is 0.481 e. The Balaban J connectivity index is 1.60. The molecule has 0 radical (unpaired) electrons. The molecule has 1 N–H and O–H groups in total. The van der Waals surface area contributed by atoms with Crippen LogP contribution in [0.5, 0.6) is 0 Å². The van der Waals surface area contributed by atoms with Crippen LogP contribution in [0.3, 0.4) is 0 Å². The van der Waals surface area contributed by atoms with Gasteiger partial charge in [0, 0.05) is 53.3 Å². The van der Waals surface area contributed by atoms with Crippen LogP contribution in [-0.2, 0) is 22.4 Å². The number of nitrogens with zero attached hydrogens (tertiary/aromatic N) is 2. The van der Waals surface area contributed by atoms with Gasteiger partial charge in [0.05, 0.1) is 5.69 Å². The van der Waals surface area contributed by atoms with Gasteiger partial charge in [-0.05, 0) is 48.3 Å². The zero-order valence-electron chi connectivity index (χ0n) is 20.6. The number of carboxylic acids is 1. The number of aliphatic carboxylic acids is 1. The molecule has 36 heavy (non-hydrogen) atoms. The third kappa shape index (κ3) is 6.77. The number of Topliss-reactive ketones (excluding diaryl/α,β-unsaturated/α-hetero) is 1. The van der Waals surface area contributed by atoms with Gasteiger partial charge in [0.1, 0.15) is 11.5 Å². The van der Waals surface area contributed by atoms with Crippen LogP contribution in [-0.4, -0.2) is 27.2 Å². The molecule has 1 saturated carbocycles. The zero-order chi connectivity index (χ0) is 26.0. The third-order valence-electron chi connectivity index (χ3n) is 6.21. The van der Waals surface area contributed by atoms with Crippen molar-refractivity contribution < 1.29 is 23.7 Å². The maximum atomic E-state index is 13.1. The highest BCUT2D eigenvalue weighted by Gasteiger charge is 2.37. The van der Waals surface area contributed by atoms with Gasteiger partial charge < -0.3 is 14.2 Å². The van der Waals surface area contributed by atoms with Crippen LogP contribution >= 0.6 is 23.2 Å². The van der Waals surface area contributed by atoms with Crippen LogP contribution in [0.1, 0.15) is 87.3 Å². The summed E-state index contributed by atoms with van der Waals surface area (Å²) in [5, 5.41) is 18.8. The highest BCUT2D eigenvalue weighted by Crippen LogP contribution is 2.48. The van der Waals surface area contributed by atoms with E-state index in [1.54, 1.807) is 18.2 Å². The van der Waals surface area contributed by atoms with Crippen molar-refractivity contribution in [3.8, 4) is 11.5 Å². The molecule has 0 spiro atoms. The molecule has 0 saturated heterocycles. The summed E-state index contributed by atoms with van der Waals surface area (Å²) in [6, 6.07) is 6.91. The van der Waals surface area contributed by atoms with Crippen LogP contribution in [0.2, 0.25) is 10.0 Å². The Morgan fingerprint density at radius 1 is 1.14 bits per heavy atom. The first-order valence-corrected chi connectivity index (χ1v) is 12.9. The van der Waals surface area contributed by atoms with Crippen LogP contribution in [0.4, 0.5) is 0 Å². The summed E-state index contributed by atoms with van der Waals surface area (Å²) < 4.78 is 11.3. The molecule has 9 heteroatoms. The minimum atomic E-state index is -0.923. The van der Waals surface area contributed by atoms with Crippen molar-refractivity contribution in [1.29, 1.82) is 0 Å². The number of benzene rings is 1. The fourth-order valence-electron chi connectivity index (χ4n) is 4.44. The van der Waals surface area contributed by atoms with E-state index in [1.807, 2.05) is 6.07 Å². The summed E-state index contributed by atoms with van der Waals surface area (Å²) >= 11 is 12.2. The van der Waals surface area contributed by atoms with E-state index >= 15 is 0 Å². The molecule has 7 nitrogen and oxygen atoms in total. The number of carboxylic acid groups (broad SMARTS) is 1. The summed E-state index contributed by atoms with van der Waals surface area (Å²) in [7, 11) is 0. The summed E-state index contributed by atoms with van der Waals surface area (Å²) in [5.74, 6) is 0.175. The molecule has 1 aliphatic rings. The van der Waals surface area contributed by atoms with E-state index in [1.165, 1.54) is 0 Å². The van der Waals surface area contributed by atoms with Crippen molar-refractivity contribution in [2.75, 3.05) is 0 Å². The van der Waals surface area contributed by atoms with Crippen molar-refractivity contribution in [2.24, 2.45) is 5.41 Å². The van der Waals surface area contributed by atoms with E-state index in [4.69, 9.17) is 32.2 Å². The highest BCUT2D eigenvalue weighted by atomic mass is 35.5. The first-order valence-electron chi connectivity index (χ1n) is 12.1. The monoisotopic (exact) mass is 532 g/mol. The Hall–Kier alpha value is -2.64. The number of halogens is 2. The van der Waals surface area contributed by atoms with Gasteiger partial charge in [-0.25, -0.2) is 0 Å². The summed E-state index contributed by atoms with van der Waals surface area (Å²) in [4.78, 5) is 24.4. The third-order valence-corrected chi connectivity index (χ3v) is 6.79. The fraction of sp³-hybridized carbons (Fsp3) is 0.481. The summed E-state index contributed by atoms with van der Waals surface area (Å²) in [6.07, 6.45) is 3.14. The van der Waals surface area contributed by atoms with E-state index in [-0.39, 0.29) is 42.8 Å². The number of carbonyl (C=O) groups excluding carboxylic acids is 1. The highest BCUT2D eigenvalue weighted by molar-refractivity contribution is 6.35. The quantitative estimate of drug-likeness (QED) is 0.277. The molecule has 2 heterocycles. The Morgan fingerprint density at radius 3 is 2.53 bits per heavy atom. The van der Waals surface area contributed by atoms with Crippen LogP contribution in [0.25, 0.3) is 11.5 Å². The maximum absolute atomic E-state index is 13.1. The second kappa shape index (κ2) is 10.8. The van der Waals surface area contributed by atoms with Gasteiger partial charge in [0.2, 0.25) is 0 Å². The van der Waals surface area contributed by atoms with Crippen molar-refractivity contribution in [1.82, 2.24) is 10.3 Å². The Kier molecular flexibility index (Phi) is 7.90. The molecular weight excluding hydrogens is 503 g/mol. The van der Waals surface area contributed by atoms with E-state index in [9.17, 15) is 14.7 Å². The number of rotatable bonds is 11. The SMILES string of the molecule is CC(C)(C)Cc1cc(-c2onc([C@@H](CCC(=O)O)CC(=O)Cc3ccc(Cl)cc3Cl)c2C2CC2)no1. The molecule has 4 rings (SSSR count). The first kappa shape index (κ1) is 26.4. The molecule has 1 aromatic carbocycles. The van der Waals surface area contributed by atoms with E-state index in [0.29, 0.717) is 32.8 Å². The lowest BCUT2D eigenvalue weighted by Gasteiger charge is -2.15. The zero-order valence-corrected chi connectivity index (χ0v) is 22.2. The van der Waals surface area contributed by atoms with Crippen molar-refractivity contribution in [3.05, 3.63) is 56.9 Å². The van der Waals surface area contributed by atoms with Crippen LogP contribution < -0.4 is 0 Å². The minimum Gasteiger partial charge on any atom is -0.481 e. The average Bonchev–Trinajstić information content (AvgIpc) is 3.35. The second-order valence-electron chi connectivity index (χ2n) is 10.8. The van der Waals surface area contributed by atoms with Crippen LogP contribution in [0.15, 0.2) is 33.3 Å². The van der Waals surface area contributed by atoms with Gasteiger partial charge in [-0.3, -0.25) is 9.59 Å². The lowest BCUT2D eigenvalue weighted by molar-refractivity contribution is -0.137. The molecule has 0 bridgehead atoms. The smallest absolute Gasteiger partial charge is 0.303 e. The van der Waals surface area contributed by atoms with Gasteiger partial charge in [-0.2, -0.15) is 0 Å². The number of hydrogen-bond acceptors (Lipinski definition) is 6. The lowest BCUT2D eigenvalue weighted by atomic mass is 9.87. The normalized spacial score (nSPS) is 14.7. The van der Waals surface area contributed by atoms with E-state index < -0.39 is 11.9 Å². The second-order valence-corrected chi connectivity index (χ2v) is 11.6. The van der Waals surface area contributed by atoms with Gasteiger partial charge in [0.25, 0.3) is 0 Å². The average molecular weight is 533 g/mol. The number of ketones is 1. The standard InChI is InChI=1S/C27H30Cl2N2O5/c1-27(2,3)14-20-13-22(30-35-20)26-24(15-4-5-15)25(31-36-26)17(7-9-23(33)34)11-19(32)10-16-6-8-18(28)12-21(16)29/h6,8,12-13,15,17H,4-5,7,9-11,14H2,1-3H3,(H,33,34)/t17-/m0/s1. The molecule has 0 amide bonds. The molecular formula is C27H30Cl2N2O5. The molecule has 2 aromatic heterocycles. The molecule has 192 valence electrons. The predicted octanol–water partition coefficient (Wildman–Crippen LogP) is 7.25. The summed E-state index contributed by atoms with van der Waals surface area (Å²) in [5.41, 5.74) is 2.85. The van der Waals surface area contributed by atoms with Gasteiger partial charge in [0.15, 0.2) is 11.5 Å². The predicted molar refractivity (Wildman–Crippen MR) is 137 cm³/mol. The maximum Gasteiger partial charge on any atom is 0.303 e.